The van der Waals surface area contributed by atoms with Gasteiger partial charge in [-0.15, -0.1) is 11.8 Å². The van der Waals surface area contributed by atoms with Gasteiger partial charge in [-0.3, -0.25) is 0 Å². The fraction of sp³-hybridized carbons (Fsp3) is 0.294. The maximum atomic E-state index is 5.48. The van der Waals surface area contributed by atoms with Gasteiger partial charge in [0.15, 0.2) is 0 Å². The number of hydrogen-bond acceptors (Lipinski definition) is 6. The van der Waals surface area contributed by atoms with Crippen molar-refractivity contribution in [2.24, 2.45) is 0 Å². The van der Waals surface area contributed by atoms with Crippen molar-refractivity contribution in [3.63, 3.8) is 0 Å². The first-order valence-electron chi connectivity index (χ1n) is 7.87. The smallest absolute Gasteiger partial charge is 0.231 e. The maximum absolute atomic E-state index is 5.48. The van der Waals surface area contributed by atoms with E-state index in [1.54, 1.807) is 18.9 Å². The molecule has 1 aromatic carbocycles. The van der Waals surface area contributed by atoms with Crippen molar-refractivity contribution in [3.8, 4) is 5.75 Å². The van der Waals surface area contributed by atoms with Crippen molar-refractivity contribution >= 4 is 40.2 Å². The van der Waals surface area contributed by atoms with Gasteiger partial charge in [0.2, 0.25) is 5.95 Å². The predicted octanol–water partition coefficient (Wildman–Crippen LogP) is 4.01. The number of H-pyrrole nitrogens is 1. The minimum atomic E-state index is 0.529. The number of nitrogens with one attached hydrogen (secondary N) is 3. The minimum absolute atomic E-state index is 0.529. The number of benzene rings is 1. The number of ether oxygens (including phenoxy) is 1. The molecule has 2 heterocycles. The highest BCUT2D eigenvalue weighted by Gasteiger charge is 2.23. The molecule has 124 valence electrons. The topological polar surface area (TPSA) is 74.9 Å². The molecule has 1 aliphatic rings. The Balaban J connectivity index is 1.69. The summed E-state index contributed by atoms with van der Waals surface area (Å²) >= 11 is 1.68. The summed E-state index contributed by atoms with van der Waals surface area (Å²) in [4.78, 5) is 13.5. The molecule has 0 atom stereocenters. The maximum Gasteiger partial charge on any atom is 0.231 e. The second-order valence-corrected chi connectivity index (χ2v) is 6.63. The first-order valence-corrected chi connectivity index (χ1v) is 9.10. The van der Waals surface area contributed by atoms with Crippen LogP contribution in [0.1, 0.15) is 12.8 Å². The minimum Gasteiger partial charge on any atom is -0.495 e. The molecule has 7 heteroatoms. The van der Waals surface area contributed by atoms with E-state index in [9.17, 15) is 0 Å². The van der Waals surface area contributed by atoms with Gasteiger partial charge in [0, 0.05) is 17.1 Å². The normalized spacial score (nSPS) is 13.9. The Morgan fingerprint density at radius 1 is 1.25 bits per heavy atom. The molecule has 0 spiro atoms. The Bertz CT molecular complexity index is 875. The van der Waals surface area contributed by atoms with E-state index in [0.29, 0.717) is 12.0 Å². The first kappa shape index (κ1) is 15.1. The van der Waals surface area contributed by atoms with E-state index in [1.807, 2.05) is 36.7 Å². The van der Waals surface area contributed by atoms with Gasteiger partial charge in [-0.1, -0.05) is 0 Å². The van der Waals surface area contributed by atoms with Crippen LogP contribution in [0.25, 0.3) is 11.0 Å². The zero-order chi connectivity index (χ0) is 16.5. The van der Waals surface area contributed by atoms with Crippen LogP contribution in [0, 0.1) is 0 Å². The van der Waals surface area contributed by atoms with Crippen LogP contribution in [0.15, 0.2) is 35.4 Å². The average molecular weight is 341 g/mol. The van der Waals surface area contributed by atoms with Crippen LogP contribution in [0.4, 0.5) is 17.5 Å². The average Bonchev–Trinajstić information content (AvgIpc) is 3.29. The quantitative estimate of drug-likeness (QED) is 0.588. The number of aromatic nitrogens is 3. The lowest BCUT2D eigenvalue weighted by Crippen LogP contribution is -2.07. The van der Waals surface area contributed by atoms with Crippen LogP contribution in [0.5, 0.6) is 5.75 Å². The zero-order valence-corrected chi connectivity index (χ0v) is 14.4. The third-order valence-corrected chi connectivity index (χ3v) is 4.71. The highest BCUT2D eigenvalue weighted by Crippen LogP contribution is 2.33. The Kier molecular flexibility index (Phi) is 3.93. The fourth-order valence-electron chi connectivity index (χ4n) is 2.55. The highest BCUT2D eigenvalue weighted by atomic mass is 32.2. The van der Waals surface area contributed by atoms with Crippen LogP contribution in [-0.2, 0) is 0 Å². The summed E-state index contributed by atoms with van der Waals surface area (Å²) in [5.74, 6) is 2.18. The molecule has 2 aromatic heterocycles. The Hall–Kier alpha value is -2.41. The summed E-state index contributed by atoms with van der Waals surface area (Å²) in [6.45, 7) is 0. The van der Waals surface area contributed by atoms with Gasteiger partial charge in [-0.25, -0.2) is 0 Å². The molecule has 24 heavy (non-hydrogen) atoms. The Labute approximate surface area is 144 Å². The Morgan fingerprint density at radius 2 is 2.12 bits per heavy atom. The molecule has 3 aromatic rings. The number of anilines is 3. The molecular formula is C17H19N5OS. The molecule has 4 rings (SSSR count). The third kappa shape index (κ3) is 2.99. The monoisotopic (exact) mass is 341 g/mol. The molecule has 6 nitrogen and oxygen atoms in total. The first-order chi connectivity index (χ1) is 11.8. The molecule has 1 saturated carbocycles. The van der Waals surface area contributed by atoms with Gasteiger partial charge in [0.1, 0.15) is 17.2 Å². The second-order valence-electron chi connectivity index (χ2n) is 5.75. The van der Waals surface area contributed by atoms with E-state index in [1.165, 1.54) is 12.8 Å². The molecule has 0 radical (unpaired) electrons. The summed E-state index contributed by atoms with van der Waals surface area (Å²) in [7, 11) is 1.67. The molecule has 1 fully saturated rings. The van der Waals surface area contributed by atoms with Gasteiger partial charge in [-0.05, 0) is 43.4 Å². The van der Waals surface area contributed by atoms with Crippen LogP contribution < -0.4 is 15.4 Å². The van der Waals surface area contributed by atoms with Gasteiger partial charge in [0.05, 0.1) is 18.2 Å². The lowest BCUT2D eigenvalue weighted by molar-refractivity contribution is 0.415. The van der Waals surface area contributed by atoms with Crippen molar-refractivity contribution < 1.29 is 4.74 Å². The summed E-state index contributed by atoms with van der Waals surface area (Å²) in [5.41, 5.74) is 1.66. The number of hydrogen-bond donors (Lipinski definition) is 3. The summed E-state index contributed by atoms with van der Waals surface area (Å²) < 4.78 is 5.48. The van der Waals surface area contributed by atoms with Gasteiger partial charge < -0.3 is 20.4 Å². The zero-order valence-electron chi connectivity index (χ0n) is 13.6. The molecule has 0 unspecified atom stereocenters. The molecule has 0 amide bonds. The van der Waals surface area contributed by atoms with Crippen molar-refractivity contribution in [2.75, 3.05) is 24.0 Å². The van der Waals surface area contributed by atoms with Crippen molar-refractivity contribution in [3.05, 3.63) is 30.5 Å². The van der Waals surface area contributed by atoms with Gasteiger partial charge in [-0.2, -0.15) is 9.97 Å². The van der Waals surface area contributed by atoms with E-state index < -0.39 is 0 Å². The molecular weight excluding hydrogens is 322 g/mol. The number of thioether (sulfide) groups is 1. The molecule has 0 saturated heterocycles. The standard InChI is InChI=1S/C17H19N5OS/c1-23-14-9-11(24-2)5-6-13(14)20-17-21-15-12(7-8-18-15)16(22-17)19-10-3-4-10/h5-10H,3-4H2,1-2H3,(H3,18,19,20,21,22). The summed E-state index contributed by atoms with van der Waals surface area (Å²) in [6.07, 6.45) is 6.32. The van der Waals surface area contributed by atoms with Crippen molar-refractivity contribution in [2.45, 2.75) is 23.8 Å². The molecule has 3 N–H and O–H groups in total. The van der Waals surface area contributed by atoms with Crippen LogP contribution >= 0.6 is 11.8 Å². The number of fused-ring (bicyclic) bond motifs is 1. The van der Waals surface area contributed by atoms with Crippen molar-refractivity contribution in [1.29, 1.82) is 0 Å². The number of nitrogens with zero attached hydrogens (tertiary/aromatic N) is 2. The van der Waals surface area contributed by atoms with Crippen LogP contribution in [0.3, 0.4) is 0 Å². The lowest BCUT2D eigenvalue weighted by Gasteiger charge is -2.13. The number of aromatic amines is 1. The second kappa shape index (κ2) is 6.24. The molecule has 0 aliphatic heterocycles. The van der Waals surface area contributed by atoms with Crippen LogP contribution in [0.2, 0.25) is 0 Å². The van der Waals surface area contributed by atoms with Gasteiger partial charge >= 0.3 is 0 Å². The van der Waals surface area contributed by atoms with Crippen LogP contribution in [-0.4, -0.2) is 34.4 Å². The summed E-state index contributed by atoms with van der Waals surface area (Å²) in [6, 6.07) is 8.56. The fourth-order valence-corrected chi connectivity index (χ4v) is 2.98. The highest BCUT2D eigenvalue weighted by molar-refractivity contribution is 7.98. The molecule has 0 bridgehead atoms. The van der Waals surface area contributed by atoms with E-state index in [-0.39, 0.29) is 0 Å². The number of methoxy groups -OCH3 is 1. The van der Waals surface area contributed by atoms with E-state index >= 15 is 0 Å². The Morgan fingerprint density at radius 3 is 2.88 bits per heavy atom. The van der Waals surface area contributed by atoms with E-state index in [4.69, 9.17) is 4.74 Å². The summed E-state index contributed by atoms with van der Waals surface area (Å²) in [5, 5.41) is 7.76. The SMILES string of the molecule is COc1cc(SC)ccc1Nc1nc(NC2CC2)c2cc[nH]c2n1. The lowest BCUT2D eigenvalue weighted by atomic mass is 10.3. The predicted molar refractivity (Wildman–Crippen MR) is 98.6 cm³/mol. The third-order valence-electron chi connectivity index (χ3n) is 3.99. The number of rotatable bonds is 6. The van der Waals surface area contributed by atoms with Gasteiger partial charge in [0.25, 0.3) is 0 Å². The van der Waals surface area contributed by atoms with E-state index in [0.717, 1.165) is 33.2 Å². The molecule has 1 aliphatic carbocycles. The van der Waals surface area contributed by atoms with Crippen molar-refractivity contribution in [1.82, 2.24) is 15.0 Å². The largest absolute Gasteiger partial charge is 0.495 e. The van der Waals surface area contributed by atoms with E-state index in [2.05, 4.69) is 25.6 Å².